The van der Waals surface area contributed by atoms with Crippen LogP contribution in [0.25, 0.3) is 0 Å². The van der Waals surface area contributed by atoms with Gasteiger partial charge in [0.15, 0.2) is 0 Å². The van der Waals surface area contributed by atoms with Crippen molar-refractivity contribution in [2.45, 2.75) is 18.9 Å². The Morgan fingerprint density at radius 2 is 2.35 bits per heavy atom. The Hall–Kier alpha value is -1.13. The first-order valence-electron chi connectivity index (χ1n) is 5.92. The van der Waals surface area contributed by atoms with Crippen molar-refractivity contribution in [2.24, 2.45) is 5.92 Å². The van der Waals surface area contributed by atoms with Crippen LogP contribution in [0.4, 0.5) is 4.39 Å². The molecular weight excluding hydrogens is 221 g/mol. The average Bonchev–Trinajstić information content (AvgIpc) is 2.34. The van der Waals surface area contributed by atoms with Gasteiger partial charge in [0, 0.05) is 18.5 Å². The molecule has 2 atom stereocenters. The van der Waals surface area contributed by atoms with Crippen molar-refractivity contribution in [3.8, 4) is 5.75 Å². The van der Waals surface area contributed by atoms with Crippen molar-refractivity contribution < 1.29 is 14.2 Å². The van der Waals surface area contributed by atoms with Crippen LogP contribution in [0.1, 0.15) is 12.0 Å². The van der Waals surface area contributed by atoms with E-state index < -0.39 is 0 Å². The van der Waals surface area contributed by atoms with E-state index in [-0.39, 0.29) is 17.8 Å². The number of halogens is 1. The Kier molecular flexibility index (Phi) is 3.97. The van der Waals surface area contributed by atoms with E-state index in [1.165, 1.54) is 13.2 Å². The Morgan fingerprint density at radius 1 is 1.53 bits per heavy atom. The minimum absolute atomic E-state index is 0.0895. The van der Waals surface area contributed by atoms with Crippen molar-refractivity contribution >= 4 is 0 Å². The van der Waals surface area contributed by atoms with Crippen LogP contribution in [0.2, 0.25) is 0 Å². The molecule has 0 bridgehead atoms. The van der Waals surface area contributed by atoms with Gasteiger partial charge in [-0.2, -0.15) is 0 Å². The molecule has 0 amide bonds. The third-order valence-electron chi connectivity index (χ3n) is 3.31. The fourth-order valence-electron chi connectivity index (χ4n) is 2.22. The first kappa shape index (κ1) is 12.3. The smallest absolute Gasteiger partial charge is 0.130 e. The molecule has 1 aromatic rings. The number of hydrogen-bond donors (Lipinski definition) is 2. The summed E-state index contributed by atoms with van der Waals surface area (Å²) in [6.07, 6.45) is 0.963. The largest absolute Gasteiger partial charge is 0.497 e. The zero-order chi connectivity index (χ0) is 12.3. The number of methoxy groups -OCH3 is 1. The molecule has 94 valence electrons. The van der Waals surface area contributed by atoms with Gasteiger partial charge in [0.1, 0.15) is 11.6 Å². The van der Waals surface area contributed by atoms with E-state index in [1.54, 1.807) is 12.1 Å². The second-order valence-electron chi connectivity index (χ2n) is 4.48. The fraction of sp³-hybridized carbons (Fsp3) is 0.538. The number of nitrogens with one attached hydrogen (secondary N) is 1. The van der Waals surface area contributed by atoms with E-state index in [0.29, 0.717) is 17.7 Å². The maximum absolute atomic E-state index is 13.7. The summed E-state index contributed by atoms with van der Waals surface area (Å²) in [6, 6.07) is 4.87. The lowest BCUT2D eigenvalue weighted by Crippen LogP contribution is -2.40. The highest BCUT2D eigenvalue weighted by molar-refractivity contribution is 5.29. The first-order chi connectivity index (χ1) is 8.20. The lowest BCUT2D eigenvalue weighted by atomic mass is 9.89. The van der Waals surface area contributed by atoms with Gasteiger partial charge in [0.2, 0.25) is 0 Å². The molecule has 1 aliphatic rings. The van der Waals surface area contributed by atoms with E-state index in [1.807, 2.05) is 0 Å². The van der Waals surface area contributed by atoms with E-state index in [9.17, 15) is 9.50 Å². The highest BCUT2D eigenvalue weighted by Crippen LogP contribution is 2.22. The van der Waals surface area contributed by atoms with Gasteiger partial charge in [-0.15, -0.1) is 0 Å². The highest BCUT2D eigenvalue weighted by Gasteiger charge is 2.23. The van der Waals surface area contributed by atoms with Gasteiger partial charge in [-0.05, 0) is 31.0 Å². The average molecular weight is 239 g/mol. The second-order valence-corrected chi connectivity index (χ2v) is 4.48. The Bertz CT molecular complexity index is 384. The van der Waals surface area contributed by atoms with Gasteiger partial charge in [0.05, 0.1) is 13.2 Å². The van der Waals surface area contributed by atoms with Crippen LogP contribution in [0, 0.1) is 11.7 Å². The summed E-state index contributed by atoms with van der Waals surface area (Å²) in [6.45, 7) is 1.58. The number of rotatable bonds is 3. The summed E-state index contributed by atoms with van der Waals surface area (Å²) in [7, 11) is 1.52. The number of piperidine rings is 1. The molecule has 0 spiro atoms. The quantitative estimate of drug-likeness (QED) is 0.836. The molecule has 0 aliphatic carbocycles. The Balaban J connectivity index is 2.07. The highest BCUT2D eigenvalue weighted by atomic mass is 19.1. The van der Waals surface area contributed by atoms with Gasteiger partial charge < -0.3 is 15.2 Å². The normalized spacial score (nSPS) is 24.6. The molecule has 1 fully saturated rings. The lowest BCUT2D eigenvalue weighted by Gasteiger charge is -2.28. The molecule has 1 aliphatic heterocycles. The van der Waals surface area contributed by atoms with E-state index in [4.69, 9.17) is 4.74 Å². The monoisotopic (exact) mass is 239 g/mol. The lowest BCUT2D eigenvalue weighted by molar-refractivity contribution is 0.0787. The summed E-state index contributed by atoms with van der Waals surface area (Å²) in [5.74, 6) is 0.349. The van der Waals surface area contributed by atoms with E-state index in [2.05, 4.69) is 5.32 Å². The SMILES string of the molecule is COc1ccc(CC2CNCCC2O)c(F)c1. The molecule has 2 unspecified atom stereocenters. The summed E-state index contributed by atoms with van der Waals surface area (Å²) in [5, 5.41) is 13.1. The number of benzene rings is 1. The van der Waals surface area contributed by atoms with Crippen molar-refractivity contribution in [3.63, 3.8) is 0 Å². The number of ether oxygens (including phenoxy) is 1. The van der Waals surface area contributed by atoms with Crippen LogP contribution in [0.15, 0.2) is 18.2 Å². The predicted octanol–water partition coefficient (Wildman–Crippen LogP) is 1.35. The summed E-state index contributed by atoms with van der Waals surface area (Å²) >= 11 is 0. The number of aliphatic hydroxyl groups is 1. The third-order valence-corrected chi connectivity index (χ3v) is 3.31. The predicted molar refractivity (Wildman–Crippen MR) is 63.6 cm³/mol. The maximum atomic E-state index is 13.7. The zero-order valence-electron chi connectivity index (χ0n) is 9.95. The molecular formula is C13H18FNO2. The molecule has 0 radical (unpaired) electrons. The van der Waals surface area contributed by atoms with Crippen LogP contribution in [-0.4, -0.2) is 31.4 Å². The molecule has 17 heavy (non-hydrogen) atoms. The van der Waals surface area contributed by atoms with Crippen LogP contribution in [0.5, 0.6) is 5.75 Å². The van der Waals surface area contributed by atoms with Gasteiger partial charge in [-0.25, -0.2) is 4.39 Å². The third kappa shape index (κ3) is 2.96. The molecule has 2 rings (SSSR count). The summed E-state index contributed by atoms with van der Waals surface area (Å²) in [4.78, 5) is 0. The van der Waals surface area contributed by atoms with Gasteiger partial charge in [-0.1, -0.05) is 6.07 Å². The van der Waals surface area contributed by atoms with Crippen molar-refractivity contribution in [3.05, 3.63) is 29.6 Å². The van der Waals surface area contributed by atoms with E-state index >= 15 is 0 Å². The number of hydrogen-bond acceptors (Lipinski definition) is 3. The van der Waals surface area contributed by atoms with Crippen LogP contribution in [-0.2, 0) is 6.42 Å². The molecule has 0 aromatic heterocycles. The van der Waals surface area contributed by atoms with Crippen LogP contribution >= 0.6 is 0 Å². The van der Waals surface area contributed by atoms with E-state index in [0.717, 1.165) is 19.5 Å². The molecule has 3 nitrogen and oxygen atoms in total. The van der Waals surface area contributed by atoms with Gasteiger partial charge >= 0.3 is 0 Å². The minimum atomic E-state index is -0.335. The zero-order valence-corrected chi connectivity index (χ0v) is 9.95. The van der Waals surface area contributed by atoms with Gasteiger partial charge in [0.25, 0.3) is 0 Å². The van der Waals surface area contributed by atoms with Gasteiger partial charge in [-0.3, -0.25) is 0 Å². The number of aliphatic hydroxyl groups excluding tert-OH is 1. The molecule has 0 saturated carbocycles. The minimum Gasteiger partial charge on any atom is -0.497 e. The van der Waals surface area contributed by atoms with Crippen molar-refractivity contribution in [1.29, 1.82) is 0 Å². The molecule has 4 heteroatoms. The standard InChI is InChI=1S/C13H18FNO2/c1-17-11-3-2-9(12(14)7-11)6-10-8-15-5-4-13(10)16/h2-3,7,10,13,15-16H,4-6,8H2,1H3. The Morgan fingerprint density at radius 3 is 3.00 bits per heavy atom. The van der Waals surface area contributed by atoms with Crippen molar-refractivity contribution in [2.75, 3.05) is 20.2 Å². The second kappa shape index (κ2) is 5.47. The molecule has 1 saturated heterocycles. The maximum Gasteiger partial charge on any atom is 0.130 e. The van der Waals surface area contributed by atoms with Crippen molar-refractivity contribution in [1.82, 2.24) is 5.32 Å². The molecule has 2 N–H and O–H groups in total. The Labute approximate surface area is 101 Å². The molecule has 1 aromatic carbocycles. The summed E-state index contributed by atoms with van der Waals surface area (Å²) < 4.78 is 18.7. The first-order valence-corrected chi connectivity index (χ1v) is 5.92. The fourth-order valence-corrected chi connectivity index (χ4v) is 2.22. The molecule has 1 heterocycles. The topological polar surface area (TPSA) is 41.5 Å². The van der Waals surface area contributed by atoms with Crippen LogP contribution < -0.4 is 10.1 Å². The van der Waals surface area contributed by atoms with Crippen LogP contribution in [0.3, 0.4) is 0 Å². The summed E-state index contributed by atoms with van der Waals surface area (Å²) in [5.41, 5.74) is 0.638.